The van der Waals surface area contributed by atoms with Crippen molar-refractivity contribution in [3.63, 3.8) is 0 Å². The summed E-state index contributed by atoms with van der Waals surface area (Å²) in [7, 11) is 0. The van der Waals surface area contributed by atoms with Gasteiger partial charge in [0.1, 0.15) is 0 Å². The molecule has 0 bridgehead atoms. The first-order valence-corrected chi connectivity index (χ1v) is 8.68. The predicted molar refractivity (Wildman–Crippen MR) is 93.0 cm³/mol. The largest absolute Gasteiger partial charge is 0.386 e. The average molecular weight is 297 g/mol. The Kier molecular flexibility index (Phi) is 4.81. The zero-order valence-electron chi connectivity index (χ0n) is 13.8. The SMILES string of the molecule is CCC1=C(C)C(c2ccc[nH]2)=N/C1=C/NC1CCCCCC1. The van der Waals surface area contributed by atoms with E-state index in [1.54, 1.807) is 0 Å². The Hall–Kier alpha value is -1.77. The van der Waals surface area contributed by atoms with Gasteiger partial charge in [0.25, 0.3) is 0 Å². The summed E-state index contributed by atoms with van der Waals surface area (Å²) in [6.45, 7) is 4.40. The molecule has 2 heterocycles. The summed E-state index contributed by atoms with van der Waals surface area (Å²) in [4.78, 5) is 8.16. The zero-order chi connectivity index (χ0) is 15.4. The molecule has 0 spiro atoms. The lowest BCUT2D eigenvalue weighted by molar-refractivity contribution is 0.515. The third kappa shape index (κ3) is 3.18. The highest BCUT2D eigenvalue weighted by atomic mass is 14.9. The molecule has 1 fully saturated rings. The van der Waals surface area contributed by atoms with E-state index in [1.807, 2.05) is 12.3 Å². The van der Waals surface area contributed by atoms with Crippen molar-refractivity contribution in [2.75, 3.05) is 0 Å². The van der Waals surface area contributed by atoms with Gasteiger partial charge in [0.15, 0.2) is 0 Å². The van der Waals surface area contributed by atoms with E-state index in [1.165, 1.54) is 49.7 Å². The van der Waals surface area contributed by atoms with Gasteiger partial charge < -0.3 is 10.3 Å². The van der Waals surface area contributed by atoms with Crippen LogP contribution in [-0.4, -0.2) is 16.7 Å². The van der Waals surface area contributed by atoms with E-state index in [-0.39, 0.29) is 0 Å². The standard InChI is InChI=1S/C19H27N3/c1-3-16-14(2)19(17-11-8-12-20-17)22-18(16)13-21-15-9-6-4-5-7-10-15/h8,11-13,15,20-21H,3-7,9-10H2,1-2H3/b18-13+. The minimum absolute atomic E-state index is 0.623. The molecule has 0 atom stereocenters. The molecular formula is C19H27N3. The van der Waals surface area contributed by atoms with E-state index < -0.39 is 0 Å². The fraction of sp³-hybridized carbons (Fsp3) is 0.526. The van der Waals surface area contributed by atoms with E-state index in [9.17, 15) is 0 Å². The van der Waals surface area contributed by atoms with Gasteiger partial charge in [0, 0.05) is 18.4 Å². The lowest BCUT2D eigenvalue weighted by Gasteiger charge is -2.15. The van der Waals surface area contributed by atoms with Crippen molar-refractivity contribution >= 4 is 5.71 Å². The minimum Gasteiger partial charge on any atom is -0.386 e. The smallest absolute Gasteiger partial charge is 0.0904 e. The lowest BCUT2D eigenvalue weighted by Crippen LogP contribution is -2.23. The summed E-state index contributed by atoms with van der Waals surface area (Å²) < 4.78 is 0. The van der Waals surface area contributed by atoms with E-state index >= 15 is 0 Å². The Labute approximate surface area is 133 Å². The van der Waals surface area contributed by atoms with Gasteiger partial charge in [0.2, 0.25) is 0 Å². The molecule has 1 aliphatic heterocycles. The fourth-order valence-electron chi connectivity index (χ4n) is 3.56. The molecule has 1 aromatic heterocycles. The number of nitrogens with one attached hydrogen (secondary N) is 2. The molecule has 0 aromatic carbocycles. The minimum atomic E-state index is 0.623. The van der Waals surface area contributed by atoms with Crippen LogP contribution in [0.1, 0.15) is 64.5 Å². The van der Waals surface area contributed by atoms with Crippen molar-refractivity contribution in [1.82, 2.24) is 10.3 Å². The molecule has 118 valence electrons. The Balaban J connectivity index is 1.78. The summed E-state index contributed by atoms with van der Waals surface area (Å²) in [5, 5.41) is 3.64. The van der Waals surface area contributed by atoms with Gasteiger partial charge in [-0.2, -0.15) is 0 Å². The molecule has 2 aliphatic rings. The number of nitrogens with zero attached hydrogens (tertiary/aromatic N) is 1. The van der Waals surface area contributed by atoms with Crippen molar-refractivity contribution in [1.29, 1.82) is 0 Å². The van der Waals surface area contributed by atoms with E-state index in [0.29, 0.717) is 6.04 Å². The maximum Gasteiger partial charge on any atom is 0.0904 e. The first-order chi connectivity index (χ1) is 10.8. The number of rotatable bonds is 4. The van der Waals surface area contributed by atoms with Crippen LogP contribution in [0.4, 0.5) is 0 Å². The van der Waals surface area contributed by atoms with Crippen molar-refractivity contribution in [2.45, 2.75) is 64.8 Å². The highest BCUT2D eigenvalue weighted by molar-refractivity contribution is 6.14. The maximum atomic E-state index is 4.88. The molecule has 3 rings (SSSR count). The average Bonchev–Trinajstić information content (AvgIpc) is 3.06. The van der Waals surface area contributed by atoms with Crippen LogP contribution in [0, 0.1) is 0 Å². The number of hydrogen-bond donors (Lipinski definition) is 2. The number of allylic oxidation sites excluding steroid dienone is 2. The van der Waals surface area contributed by atoms with Gasteiger partial charge in [-0.1, -0.05) is 32.6 Å². The molecule has 3 heteroatoms. The van der Waals surface area contributed by atoms with Crippen LogP contribution in [0.15, 0.2) is 46.4 Å². The highest BCUT2D eigenvalue weighted by Crippen LogP contribution is 2.30. The molecular weight excluding hydrogens is 270 g/mol. The maximum absolute atomic E-state index is 4.88. The van der Waals surface area contributed by atoms with Gasteiger partial charge in [-0.05, 0) is 49.5 Å². The molecule has 1 aromatic rings. The summed E-state index contributed by atoms with van der Waals surface area (Å²) >= 11 is 0. The number of aliphatic imine (C=N–C) groups is 1. The number of aromatic amines is 1. The summed E-state index contributed by atoms with van der Waals surface area (Å²) in [6.07, 6.45) is 13.2. The Morgan fingerprint density at radius 2 is 2.05 bits per heavy atom. The molecule has 0 unspecified atom stereocenters. The van der Waals surface area contributed by atoms with Crippen LogP contribution in [0.5, 0.6) is 0 Å². The van der Waals surface area contributed by atoms with E-state index in [0.717, 1.165) is 23.5 Å². The fourth-order valence-corrected chi connectivity index (χ4v) is 3.56. The summed E-state index contributed by atoms with van der Waals surface area (Å²) in [5.74, 6) is 0. The second kappa shape index (κ2) is 6.99. The van der Waals surface area contributed by atoms with Crippen LogP contribution in [0.25, 0.3) is 0 Å². The second-order valence-corrected chi connectivity index (χ2v) is 6.39. The molecule has 1 aliphatic carbocycles. The zero-order valence-corrected chi connectivity index (χ0v) is 13.8. The number of H-pyrrole nitrogens is 1. The van der Waals surface area contributed by atoms with Crippen LogP contribution >= 0.6 is 0 Å². The number of aromatic nitrogens is 1. The predicted octanol–water partition coefficient (Wildman–Crippen LogP) is 4.70. The monoisotopic (exact) mass is 297 g/mol. The molecule has 2 N–H and O–H groups in total. The van der Waals surface area contributed by atoms with Crippen LogP contribution in [0.2, 0.25) is 0 Å². The van der Waals surface area contributed by atoms with Crippen molar-refractivity contribution < 1.29 is 0 Å². The molecule has 0 radical (unpaired) electrons. The molecule has 0 saturated heterocycles. The van der Waals surface area contributed by atoms with Crippen LogP contribution < -0.4 is 5.32 Å². The topological polar surface area (TPSA) is 40.2 Å². The quantitative estimate of drug-likeness (QED) is 0.777. The van der Waals surface area contributed by atoms with Gasteiger partial charge in [-0.15, -0.1) is 0 Å². The molecule has 0 amide bonds. The Morgan fingerprint density at radius 1 is 1.27 bits per heavy atom. The van der Waals surface area contributed by atoms with Crippen LogP contribution in [0.3, 0.4) is 0 Å². The Morgan fingerprint density at radius 3 is 2.68 bits per heavy atom. The molecule has 3 nitrogen and oxygen atoms in total. The second-order valence-electron chi connectivity index (χ2n) is 6.39. The molecule has 1 saturated carbocycles. The first kappa shape index (κ1) is 15.1. The first-order valence-electron chi connectivity index (χ1n) is 8.68. The van der Waals surface area contributed by atoms with Crippen molar-refractivity contribution in [3.8, 4) is 0 Å². The van der Waals surface area contributed by atoms with Crippen molar-refractivity contribution in [3.05, 3.63) is 47.1 Å². The summed E-state index contributed by atoms with van der Waals surface area (Å²) in [6, 6.07) is 4.75. The van der Waals surface area contributed by atoms with Gasteiger partial charge >= 0.3 is 0 Å². The van der Waals surface area contributed by atoms with Gasteiger partial charge in [-0.25, -0.2) is 4.99 Å². The van der Waals surface area contributed by atoms with Crippen LogP contribution in [-0.2, 0) is 0 Å². The third-order valence-corrected chi connectivity index (χ3v) is 4.87. The molecule has 22 heavy (non-hydrogen) atoms. The van der Waals surface area contributed by atoms with Gasteiger partial charge in [-0.3, -0.25) is 0 Å². The highest BCUT2D eigenvalue weighted by Gasteiger charge is 2.21. The van der Waals surface area contributed by atoms with E-state index in [4.69, 9.17) is 4.99 Å². The van der Waals surface area contributed by atoms with Gasteiger partial charge in [0.05, 0.1) is 17.1 Å². The Bertz CT molecular complexity index is 582. The third-order valence-electron chi connectivity index (χ3n) is 4.87. The van der Waals surface area contributed by atoms with Crippen molar-refractivity contribution in [2.24, 2.45) is 4.99 Å². The van der Waals surface area contributed by atoms with E-state index in [2.05, 4.69) is 36.4 Å². The normalized spacial score (nSPS) is 22.1. The number of hydrogen-bond acceptors (Lipinski definition) is 2. The lowest BCUT2D eigenvalue weighted by atomic mass is 10.0. The summed E-state index contributed by atoms with van der Waals surface area (Å²) in [5.41, 5.74) is 6.00.